The van der Waals surface area contributed by atoms with Crippen molar-refractivity contribution in [3.8, 4) is 5.75 Å². The number of nitrogens with zero attached hydrogens (tertiary/aromatic N) is 1. The summed E-state index contributed by atoms with van der Waals surface area (Å²) in [6.45, 7) is 5.02. The number of ether oxygens (including phenoxy) is 1. The van der Waals surface area contributed by atoms with E-state index in [1.165, 1.54) is 4.31 Å². The standard InChI is InChI=1S/C17H25NO5S/c1-3-4-11-23-16-6-5-15(12-13(16)2)24(21,22)18-9-7-14(8-10-18)17(19)20/h5-6,12,14H,3-4,7-11H2,1-2H3,(H,19,20). The molecule has 1 aromatic rings. The molecule has 2 rings (SSSR count). The van der Waals surface area contributed by atoms with Crippen LogP contribution in [0.1, 0.15) is 38.2 Å². The van der Waals surface area contributed by atoms with Crippen LogP contribution in [0.4, 0.5) is 0 Å². The zero-order chi connectivity index (χ0) is 17.7. The predicted octanol–water partition coefficient (Wildman–Crippen LogP) is 2.66. The molecule has 0 radical (unpaired) electrons. The molecule has 7 heteroatoms. The van der Waals surface area contributed by atoms with E-state index in [2.05, 4.69) is 6.92 Å². The van der Waals surface area contributed by atoms with E-state index in [9.17, 15) is 13.2 Å². The number of unbranched alkanes of at least 4 members (excludes halogenated alkanes) is 1. The van der Waals surface area contributed by atoms with E-state index in [1.54, 1.807) is 18.2 Å². The van der Waals surface area contributed by atoms with Crippen molar-refractivity contribution in [2.45, 2.75) is 44.4 Å². The third kappa shape index (κ3) is 4.27. The van der Waals surface area contributed by atoms with Gasteiger partial charge in [-0.2, -0.15) is 4.31 Å². The van der Waals surface area contributed by atoms with Gasteiger partial charge in [0.05, 0.1) is 17.4 Å². The fraction of sp³-hybridized carbons (Fsp3) is 0.588. The minimum Gasteiger partial charge on any atom is -0.493 e. The van der Waals surface area contributed by atoms with Gasteiger partial charge in [0, 0.05) is 13.1 Å². The summed E-state index contributed by atoms with van der Waals surface area (Å²) in [7, 11) is -3.59. The summed E-state index contributed by atoms with van der Waals surface area (Å²) in [5.74, 6) is -0.601. The second-order valence-corrected chi connectivity index (χ2v) is 8.08. The molecule has 0 bridgehead atoms. The first kappa shape index (κ1) is 18.7. The van der Waals surface area contributed by atoms with E-state index < -0.39 is 21.9 Å². The SMILES string of the molecule is CCCCOc1ccc(S(=O)(=O)N2CCC(C(=O)O)CC2)cc1C. The van der Waals surface area contributed by atoms with Crippen LogP contribution in [-0.4, -0.2) is 43.5 Å². The molecule has 0 unspecified atom stereocenters. The lowest BCUT2D eigenvalue weighted by atomic mass is 9.99. The van der Waals surface area contributed by atoms with E-state index in [-0.39, 0.29) is 18.0 Å². The van der Waals surface area contributed by atoms with Gasteiger partial charge in [0.25, 0.3) is 0 Å². The maximum absolute atomic E-state index is 12.7. The Kier molecular flexibility index (Phi) is 6.23. The van der Waals surface area contributed by atoms with Gasteiger partial charge in [0.15, 0.2) is 0 Å². The number of sulfonamides is 1. The number of aliphatic carboxylic acids is 1. The predicted molar refractivity (Wildman–Crippen MR) is 90.7 cm³/mol. The zero-order valence-corrected chi connectivity index (χ0v) is 15.0. The summed E-state index contributed by atoms with van der Waals surface area (Å²) in [5.41, 5.74) is 0.785. The Bertz CT molecular complexity index is 678. The topological polar surface area (TPSA) is 83.9 Å². The van der Waals surface area contributed by atoms with Crippen LogP contribution in [0, 0.1) is 12.8 Å². The maximum Gasteiger partial charge on any atom is 0.306 e. The molecular weight excluding hydrogens is 330 g/mol. The summed E-state index contributed by atoms with van der Waals surface area (Å²) in [6.07, 6.45) is 2.70. The molecule has 1 aliphatic heterocycles. The third-order valence-electron chi connectivity index (χ3n) is 4.34. The second kappa shape index (κ2) is 7.98. The number of hydrogen-bond donors (Lipinski definition) is 1. The number of hydrogen-bond acceptors (Lipinski definition) is 4. The fourth-order valence-electron chi connectivity index (χ4n) is 2.76. The first-order valence-corrected chi connectivity index (χ1v) is 9.76. The van der Waals surface area contributed by atoms with E-state index in [0.717, 1.165) is 18.4 Å². The fourth-order valence-corrected chi connectivity index (χ4v) is 4.32. The first-order valence-electron chi connectivity index (χ1n) is 8.32. The highest BCUT2D eigenvalue weighted by Crippen LogP contribution is 2.27. The Morgan fingerprint density at radius 3 is 2.54 bits per heavy atom. The van der Waals surface area contributed by atoms with Crippen LogP contribution in [-0.2, 0) is 14.8 Å². The number of benzene rings is 1. The van der Waals surface area contributed by atoms with Gasteiger partial charge in [0.2, 0.25) is 10.0 Å². The monoisotopic (exact) mass is 355 g/mol. The lowest BCUT2D eigenvalue weighted by Gasteiger charge is -2.29. The van der Waals surface area contributed by atoms with E-state index in [0.29, 0.717) is 25.2 Å². The van der Waals surface area contributed by atoms with Crippen molar-refractivity contribution >= 4 is 16.0 Å². The average molecular weight is 355 g/mol. The van der Waals surface area contributed by atoms with Crippen molar-refractivity contribution in [2.75, 3.05) is 19.7 Å². The molecule has 0 amide bonds. The van der Waals surface area contributed by atoms with Gasteiger partial charge >= 0.3 is 5.97 Å². The van der Waals surface area contributed by atoms with Crippen molar-refractivity contribution < 1.29 is 23.1 Å². The minimum absolute atomic E-state index is 0.233. The molecule has 1 fully saturated rings. The molecule has 1 heterocycles. The minimum atomic E-state index is -3.59. The Morgan fingerprint density at radius 2 is 2.00 bits per heavy atom. The quantitative estimate of drug-likeness (QED) is 0.760. The van der Waals surface area contributed by atoms with Gasteiger partial charge in [-0.1, -0.05) is 13.3 Å². The zero-order valence-electron chi connectivity index (χ0n) is 14.2. The Hall–Kier alpha value is -1.60. The molecule has 1 saturated heterocycles. The molecule has 0 aromatic heterocycles. The van der Waals surface area contributed by atoms with Crippen molar-refractivity contribution in [3.05, 3.63) is 23.8 Å². The molecule has 0 saturated carbocycles. The Morgan fingerprint density at radius 1 is 1.33 bits per heavy atom. The van der Waals surface area contributed by atoms with Crippen LogP contribution in [0.2, 0.25) is 0 Å². The highest BCUT2D eigenvalue weighted by atomic mass is 32.2. The van der Waals surface area contributed by atoms with Crippen molar-refractivity contribution in [1.29, 1.82) is 0 Å². The summed E-state index contributed by atoms with van der Waals surface area (Å²) < 4.78 is 32.5. The Balaban J connectivity index is 2.09. The molecule has 134 valence electrons. The molecule has 6 nitrogen and oxygen atoms in total. The normalized spacial score (nSPS) is 16.9. The number of aryl methyl sites for hydroxylation is 1. The number of carboxylic acids is 1. The van der Waals surface area contributed by atoms with Crippen LogP contribution < -0.4 is 4.74 Å². The maximum atomic E-state index is 12.7. The number of rotatable bonds is 7. The van der Waals surface area contributed by atoms with Gasteiger partial charge in [-0.25, -0.2) is 8.42 Å². The van der Waals surface area contributed by atoms with Crippen molar-refractivity contribution in [2.24, 2.45) is 5.92 Å². The summed E-state index contributed by atoms with van der Waals surface area (Å²) in [5, 5.41) is 9.02. The van der Waals surface area contributed by atoms with E-state index in [4.69, 9.17) is 9.84 Å². The van der Waals surface area contributed by atoms with E-state index in [1.807, 2.05) is 6.92 Å². The third-order valence-corrected chi connectivity index (χ3v) is 6.24. The Labute approximate surface area is 143 Å². The van der Waals surface area contributed by atoms with Gasteiger partial charge in [-0.05, 0) is 49.9 Å². The largest absolute Gasteiger partial charge is 0.493 e. The number of carbonyl (C=O) groups is 1. The molecule has 1 aromatic carbocycles. The number of piperidine rings is 1. The molecule has 1 N–H and O–H groups in total. The lowest BCUT2D eigenvalue weighted by molar-refractivity contribution is -0.142. The van der Waals surface area contributed by atoms with Crippen LogP contribution in [0.15, 0.2) is 23.1 Å². The van der Waals surface area contributed by atoms with Gasteiger partial charge in [0.1, 0.15) is 5.75 Å². The molecular formula is C17H25NO5S. The van der Waals surface area contributed by atoms with E-state index >= 15 is 0 Å². The summed E-state index contributed by atoms with van der Waals surface area (Å²) >= 11 is 0. The highest BCUT2D eigenvalue weighted by molar-refractivity contribution is 7.89. The van der Waals surface area contributed by atoms with Crippen molar-refractivity contribution in [1.82, 2.24) is 4.31 Å². The van der Waals surface area contributed by atoms with Crippen LogP contribution in [0.5, 0.6) is 5.75 Å². The molecule has 0 atom stereocenters. The smallest absolute Gasteiger partial charge is 0.306 e. The summed E-state index contributed by atoms with van der Waals surface area (Å²) in [4.78, 5) is 11.2. The van der Waals surface area contributed by atoms with Crippen LogP contribution >= 0.6 is 0 Å². The van der Waals surface area contributed by atoms with Crippen LogP contribution in [0.3, 0.4) is 0 Å². The highest BCUT2D eigenvalue weighted by Gasteiger charge is 2.32. The second-order valence-electron chi connectivity index (χ2n) is 6.15. The average Bonchev–Trinajstić information content (AvgIpc) is 2.56. The summed E-state index contributed by atoms with van der Waals surface area (Å²) in [6, 6.07) is 4.88. The van der Waals surface area contributed by atoms with Gasteiger partial charge in [-0.15, -0.1) is 0 Å². The van der Waals surface area contributed by atoms with Crippen LogP contribution in [0.25, 0.3) is 0 Å². The lowest BCUT2D eigenvalue weighted by Crippen LogP contribution is -2.40. The molecule has 0 aliphatic carbocycles. The first-order chi connectivity index (χ1) is 11.4. The van der Waals surface area contributed by atoms with Gasteiger partial charge in [-0.3, -0.25) is 4.79 Å². The molecule has 24 heavy (non-hydrogen) atoms. The number of carboxylic acid groups (broad SMARTS) is 1. The van der Waals surface area contributed by atoms with Crippen molar-refractivity contribution in [3.63, 3.8) is 0 Å². The molecule has 0 spiro atoms. The molecule has 1 aliphatic rings. The van der Waals surface area contributed by atoms with Gasteiger partial charge < -0.3 is 9.84 Å².